The summed E-state index contributed by atoms with van der Waals surface area (Å²) in [7, 11) is -4.53. The Morgan fingerprint density at radius 1 is 0.631 bits per heavy atom. The fraction of sp³-hybridized carbons (Fsp3) is 0.409. The molecule has 2 aliphatic rings. The van der Waals surface area contributed by atoms with Gasteiger partial charge in [-0.2, -0.15) is 0 Å². The Morgan fingerprint density at radius 3 is 1.23 bits per heavy atom. The normalized spacial score (nSPS) is 19.1. The second-order valence-electron chi connectivity index (χ2n) is 16.0. The van der Waals surface area contributed by atoms with Crippen molar-refractivity contribution in [1.29, 1.82) is 0 Å². The maximum absolute atomic E-state index is 13.5. The van der Waals surface area contributed by atoms with Gasteiger partial charge in [-0.3, -0.25) is 9.59 Å². The molecule has 0 bridgehead atoms. The average molecular weight is 965 g/mol. The van der Waals surface area contributed by atoms with Gasteiger partial charge in [-0.15, -0.1) is 12.2 Å². The largest absolute Gasteiger partial charge is 2.00 e. The summed E-state index contributed by atoms with van der Waals surface area (Å²) in [6.45, 7) is 7.58. The van der Waals surface area contributed by atoms with E-state index in [9.17, 15) is 45.4 Å². The van der Waals surface area contributed by atoms with Gasteiger partial charge < -0.3 is 19.7 Å². The number of ether oxygens (including phenoxy) is 2. The van der Waals surface area contributed by atoms with Crippen LogP contribution in [0.3, 0.4) is 0 Å². The Hall–Kier alpha value is -4.44. The summed E-state index contributed by atoms with van der Waals surface area (Å²) in [5.74, 6) is -2.21. The average Bonchev–Trinajstić information content (AvgIpc) is 3.20. The van der Waals surface area contributed by atoms with E-state index in [1.54, 1.807) is 24.3 Å². The van der Waals surface area contributed by atoms with Gasteiger partial charge in [0.1, 0.15) is 23.8 Å². The third kappa shape index (κ3) is 14.3. The van der Waals surface area contributed by atoms with E-state index in [-0.39, 0.29) is 87.2 Å². The van der Waals surface area contributed by atoms with Crippen LogP contribution in [0.15, 0.2) is 60.7 Å². The number of nitrogens with zero attached hydrogens (tertiary/aromatic N) is 6. The van der Waals surface area contributed by atoms with Crippen molar-refractivity contribution in [1.82, 2.24) is 19.9 Å². The molecular formula is C44H50CaF2N6O10S2. The predicted octanol–water partition coefficient (Wildman–Crippen LogP) is 4.12. The summed E-state index contributed by atoms with van der Waals surface area (Å²) in [6, 6.07) is 11.3. The Bertz CT molecular complexity index is 2450. The summed E-state index contributed by atoms with van der Waals surface area (Å²) >= 11 is 0. The van der Waals surface area contributed by atoms with E-state index >= 15 is 0 Å². The second-order valence-corrected chi connectivity index (χ2v) is 20.1. The number of benzene rings is 2. The van der Waals surface area contributed by atoms with Crippen LogP contribution in [0.1, 0.15) is 87.7 Å². The van der Waals surface area contributed by atoms with Crippen LogP contribution in [0.5, 0.6) is 0 Å². The molecule has 6 rings (SSSR count). The molecule has 2 aromatic carbocycles. The first-order chi connectivity index (χ1) is 29.9. The van der Waals surface area contributed by atoms with Crippen LogP contribution in [-0.2, 0) is 39.1 Å². The van der Waals surface area contributed by atoms with Crippen molar-refractivity contribution in [3.05, 3.63) is 94.8 Å². The first-order valence-corrected chi connectivity index (χ1v) is 23.9. The third-order valence-electron chi connectivity index (χ3n) is 10.1. The van der Waals surface area contributed by atoms with Crippen LogP contribution in [-0.4, -0.2) is 137 Å². The van der Waals surface area contributed by atoms with E-state index in [4.69, 9.17) is 9.47 Å². The van der Waals surface area contributed by atoms with Crippen LogP contribution in [0.2, 0.25) is 0 Å². The number of carbonyl (C=O) groups is 2. The predicted molar refractivity (Wildman–Crippen MR) is 239 cm³/mol. The molecule has 2 unspecified atom stereocenters. The molecule has 2 aliphatic heterocycles. The molecule has 0 N–H and O–H groups in total. The minimum absolute atomic E-state index is 0. The quantitative estimate of drug-likeness (QED) is 0.144. The number of hydrogen-bond donors (Lipinski definition) is 0. The van der Waals surface area contributed by atoms with E-state index in [1.165, 1.54) is 62.6 Å². The number of aromatic nitrogens is 4. The minimum Gasteiger partial charge on any atom is -0.851 e. The third-order valence-corrected chi connectivity index (χ3v) is 12.4. The molecule has 0 amide bonds. The number of sulfonamides is 2. The fourth-order valence-corrected chi connectivity index (χ4v) is 7.38. The van der Waals surface area contributed by atoms with E-state index < -0.39 is 68.0 Å². The second kappa shape index (κ2) is 22.4. The maximum atomic E-state index is 13.5. The van der Waals surface area contributed by atoms with Crippen molar-refractivity contribution in [3.63, 3.8) is 0 Å². The molecule has 4 heterocycles. The summed E-state index contributed by atoms with van der Waals surface area (Å²) < 4.78 is 87.8. The monoisotopic (exact) mass is 964 g/mol. The van der Waals surface area contributed by atoms with Gasteiger partial charge >= 0.3 is 49.7 Å². The first kappa shape index (κ1) is 53.2. The molecule has 0 aliphatic carbocycles. The summed E-state index contributed by atoms with van der Waals surface area (Å²) in [6.07, 6.45) is 5.24. The molecule has 2 fully saturated rings. The fourth-order valence-electron chi connectivity index (χ4n) is 6.62. The molecule has 344 valence electrons. The SMILES string of the molecule is CC(C)c1nc(N(C)S(C)(=O)=O)nc(-c2ccc(F)cc2)c1/C=C/[C@H]1CC([O-])CC(=O)O1.CC(C)c1nc(N(C)S(C)(=O)=O)nc(-c2ccc(F)cc2)c1/C=C/[C@H]1CC([O-])CC(=O)O1.[Ca+2]. The van der Waals surface area contributed by atoms with Crippen LogP contribution in [0, 0.1) is 11.6 Å². The first-order valence-electron chi connectivity index (χ1n) is 20.2. The van der Waals surface area contributed by atoms with Gasteiger partial charge in [-0.25, -0.2) is 54.2 Å². The topological polar surface area (TPSA) is 225 Å². The van der Waals surface area contributed by atoms with Crippen LogP contribution in [0.25, 0.3) is 34.7 Å². The zero-order valence-corrected chi connectivity index (χ0v) is 41.1. The Balaban J connectivity index is 0.000000280. The van der Waals surface area contributed by atoms with Gasteiger partial charge in [0.2, 0.25) is 31.9 Å². The summed E-state index contributed by atoms with van der Waals surface area (Å²) in [5.41, 5.74) is 4.16. The molecule has 4 atom stereocenters. The van der Waals surface area contributed by atoms with E-state index in [1.807, 2.05) is 27.7 Å². The molecule has 0 spiro atoms. The van der Waals surface area contributed by atoms with Gasteiger partial charge in [0.25, 0.3) is 0 Å². The molecule has 4 aromatic rings. The number of halogens is 2. The van der Waals surface area contributed by atoms with Crippen molar-refractivity contribution >= 4 is 93.8 Å². The molecule has 0 radical (unpaired) electrons. The van der Waals surface area contributed by atoms with Crippen LogP contribution >= 0.6 is 0 Å². The van der Waals surface area contributed by atoms with Gasteiger partial charge in [-0.05, 0) is 85.4 Å². The number of esters is 2. The smallest absolute Gasteiger partial charge is 0.851 e. The van der Waals surface area contributed by atoms with Crippen molar-refractivity contribution in [2.45, 2.75) is 89.6 Å². The Labute approximate surface area is 407 Å². The maximum Gasteiger partial charge on any atom is 2.00 e. The minimum atomic E-state index is -3.62. The molecule has 16 nitrogen and oxygen atoms in total. The number of hydrogen-bond acceptors (Lipinski definition) is 14. The number of anilines is 2. The van der Waals surface area contributed by atoms with Gasteiger partial charge in [0.15, 0.2) is 0 Å². The van der Waals surface area contributed by atoms with Crippen molar-refractivity contribution in [3.8, 4) is 22.5 Å². The van der Waals surface area contributed by atoms with Gasteiger partial charge in [0, 0.05) is 49.2 Å². The van der Waals surface area contributed by atoms with Gasteiger partial charge in [0.05, 0.1) is 35.3 Å². The van der Waals surface area contributed by atoms with Crippen molar-refractivity contribution in [2.24, 2.45) is 0 Å². The number of cyclic esters (lactones) is 2. The Morgan fingerprint density at radius 2 is 0.954 bits per heavy atom. The summed E-state index contributed by atoms with van der Waals surface area (Å²) in [4.78, 5) is 41.1. The molecule has 2 saturated heterocycles. The molecule has 65 heavy (non-hydrogen) atoms. The molecule has 0 saturated carbocycles. The van der Waals surface area contributed by atoms with Crippen LogP contribution < -0.4 is 18.8 Å². The van der Waals surface area contributed by atoms with Crippen LogP contribution in [0.4, 0.5) is 20.7 Å². The molecule has 21 heteroatoms. The Kier molecular flexibility index (Phi) is 18.3. The molecular weight excluding hydrogens is 915 g/mol. The number of rotatable bonds is 12. The number of carbonyl (C=O) groups excluding carboxylic acids is 2. The van der Waals surface area contributed by atoms with E-state index in [2.05, 4.69) is 19.9 Å². The van der Waals surface area contributed by atoms with E-state index in [0.29, 0.717) is 45.0 Å². The standard InChI is InChI=1S/2C22H25FN3O5S.Ca/c2*1-13(2)20-18(10-9-17-11-16(27)12-19(28)31-17)21(14-5-7-15(23)8-6-14)25-22(24-20)26(3)32(4,29)30;/h2*5-10,13,16-17H,11-12H2,1-4H3;/q2*-1;+2/b2*10-9+;/t2*16?,17-;/m00./s1. The van der Waals surface area contributed by atoms with Crippen molar-refractivity contribution in [2.75, 3.05) is 35.2 Å². The zero-order valence-electron chi connectivity index (χ0n) is 37.3. The summed E-state index contributed by atoms with van der Waals surface area (Å²) in [5, 5.41) is 23.7. The zero-order chi connectivity index (χ0) is 47.3. The molecule has 2 aromatic heterocycles. The van der Waals surface area contributed by atoms with Crippen molar-refractivity contribution < 1.29 is 54.9 Å². The van der Waals surface area contributed by atoms with E-state index in [0.717, 1.165) is 21.1 Å². The van der Waals surface area contributed by atoms with Gasteiger partial charge in [-0.1, -0.05) is 39.8 Å².